The maximum atomic E-state index is 11.3. The van der Waals surface area contributed by atoms with Gasteiger partial charge in [0.05, 0.1) is 17.2 Å². The third-order valence-electron chi connectivity index (χ3n) is 4.84. The molecule has 2 aromatic heterocycles. The summed E-state index contributed by atoms with van der Waals surface area (Å²) in [6, 6.07) is 9.45. The summed E-state index contributed by atoms with van der Waals surface area (Å²) >= 11 is 1.48. The van der Waals surface area contributed by atoms with Gasteiger partial charge in [0, 0.05) is 18.8 Å². The molecule has 160 valence electrons. The molecule has 0 unspecified atom stereocenters. The van der Waals surface area contributed by atoms with E-state index in [9.17, 15) is 8.42 Å². The lowest BCUT2D eigenvalue weighted by Crippen LogP contribution is -2.45. The number of fused-ring (bicyclic) bond motifs is 1. The van der Waals surface area contributed by atoms with Crippen LogP contribution in [0.3, 0.4) is 0 Å². The Kier molecular flexibility index (Phi) is 6.47. The monoisotopic (exact) mass is 448 g/mol. The van der Waals surface area contributed by atoms with Crippen LogP contribution in [0.4, 0.5) is 0 Å². The zero-order valence-electron chi connectivity index (χ0n) is 16.7. The van der Waals surface area contributed by atoms with E-state index in [4.69, 9.17) is 9.47 Å². The van der Waals surface area contributed by atoms with Crippen molar-refractivity contribution in [2.75, 3.05) is 32.5 Å². The van der Waals surface area contributed by atoms with Gasteiger partial charge in [0.1, 0.15) is 23.6 Å². The Hall–Kier alpha value is -2.27. The average molecular weight is 449 g/mol. The van der Waals surface area contributed by atoms with E-state index < -0.39 is 10.0 Å². The topological polar surface area (TPSA) is 93.7 Å². The standard InChI is InChI=1S/C20H24N4O4S2/c1-30(25,26)23-15-7-10-24(11-8-15)12-13-27-16-2-4-17(5-3-16)28-20-22-18-14-21-9-6-19(18)29-20/h2-6,9,14-15,23H,7-8,10-13H2,1H3. The van der Waals surface area contributed by atoms with Crippen LogP contribution in [0.15, 0.2) is 42.7 Å². The normalized spacial score (nSPS) is 16.0. The fraction of sp³-hybridized carbons (Fsp3) is 0.400. The van der Waals surface area contributed by atoms with Crippen LogP contribution in [0.2, 0.25) is 0 Å². The van der Waals surface area contributed by atoms with Crippen molar-refractivity contribution in [1.29, 1.82) is 0 Å². The van der Waals surface area contributed by atoms with Gasteiger partial charge in [-0.3, -0.25) is 9.88 Å². The molecule has 4 rings (SSSR count). The molecule has 1 saturated heterocycles. The highest BCUT2D eigenvalue weighted by Crippen LogP contribution is 2.31. The van der Waals surface area contributed by atoms with E-state index in [0.29, 0.717) is 17.6 Å². The summed E-state index contributed by atoms with van der Waals surface area (Å²) in [4.78, 5) is 10.8. The van der Waals surface area contributed by atoms with Crippen LogP contribution in [0.5, 0.6) is 16.7 Å². The first-order valence-corrected chi connectivity index (χ1v) is 12.5. The first-order valence-electron chi connectivity index (χ1n) is 9.75. The van der Waals surface area contributed by atoms with Gasteiger partial charge in [-0.15, -0.1) is 0 Å². The van der Waals surface area contributed by atoms with E-state index in [1.54, 1.807) is 12.4 Å². The molecule has 1 aliphatic heterocycles. The maximum Gasteiger partial charge on any atom is 0.279 e. The van der Waals surface area contributed by atoms with Gasteiger partial charge in [0.25, 0.3) is 5.19 Å². The number of ether oxygens (including phenoxy) is 2. The van der Waals surface area contributed by atoms with Crippen molar-refractivity contribution in [3.05, 3.63) is 42.7 Å². The molecule has 30 heavy (non-hydrogen) atoms. The summed E-state index contributed by atoms with van der Waals surface area (Å²) in [5.74, 6) is 1.49. The number of nitrogens with zero attached hydrogens (tertiary/aromatic N) is 3. The molecule has 1 aromatic carbocycles. The second kappa shape index (κ2) is 9.25. The molecular formula is C20H24N4O4S2. The number of aromatic nitrogens is 2. The van der Waals surface area contributed by atoms with Gasteiger partial charge in [-0.1, -0.05) is 11.3 Å². The first kappa shape index (κ1) is 21.0. The minimum atomic E-state index is -3.13. The van der Waals surface area contributed by atoms with Crippen molar-refractivity contribution in [3.8, 4) is 16.7 Å². The molecule has 0 aliphatic carbocycles. The highest BCUT2D eigenvalue weighted by Gasteiger charge is 2.21. The lowest BCUT2D eigenvalue weighted by atomic mass is 10.1. The van der Waals surface area contributed by atoms with E-state index in [1.165, 1.54) is 17.6 Å². The van der Waals surface area contributed by atoms with Gasteiger partial charge in [-0.05, 0) is 56.3 Å². The number of nitrogens with one attached hydrogen (secondary N) is 1. The van der Waals surface area contributed by atoms with E-state index in [0.717, 1.165) is 48.4 Å². The van der Waals surface area contributed by atoms with Crippen LogP contribution in [0.25, 0.3) is 10.2 Å². The molecule has 1 aliphatic rings. The average Bonchev–Trinajstić information content (AvgIpc) is 3.12. The van der Waals surface area contributed by atoms with Gasteiger partial charge < -0.3 is 9.47 Å². The predicted octanol–water partition coefficient (Wildman–Crippen LogP) is 2.88. The number of sulfonamides is 1. The number of hydrogen-bond acceptors (Lipinski definition) is 8. The van der Waals surface area contributed by atoms with Crippen molar-refractivity contribution in [2.45, 2.75) is 18.9 Å². The second-order valence-corrected chi connectivity index (χ2v) is 10.0. The molecule has 10 heteroatoms. The molecule has 1 fully saturated rings. The second-order valence-electron chi connectivity index (χ2n) is 7.25. The predicted molar refractivity (Wildman–Crippen MR) is 117 cm³/mol. The number of pyridine rings is 1. The smallest absolute Gasteiger partial charge is 0.279 e. The Balaban J connectivity index is 1.21. The summed E-state index contributed by atoms with van der Waals surface area (Å²) in [5.41, 5.74) is 0.827. The molecule has 0 atom stereocenters. The summed E-state index contributed by atoms with van der Waals surface area (Å²) in [7, 11) is -3.13. The Bertz CT molecular complexity index is 1040. The van der Waals surface area contributed by atoms with Crippen molar-refractivity contribution in [1.82, 2.24) is 19.6 Å². The highest BCUT2D eigenvalue weighted by molar-refractivity contribution is 7.88. The fourth-order valence-corrected chi connectivity index (χ4v) is 5.02. The van der Waals surface area contributed by atoms with E-state index >= 15 is 0 Å². The molecule has 0 saturated carbocycles. The first-order chi connectivity index (χ1) is 14.4. The molecule has 3 heterocycles. The van der Waals surface area contributed by atoms with Crippen molar-refractivity contribution in [3.63, 3.8) is 0 Å². The van der Waals surface area contributed by atoms with Gasteiger partial charge in [0.2, 0.25) is 10.0 Å². The quantitative estimate of drug-likeness (QED) is 0.566. The Morgan fingerprint density at radius 2 is 1.90 bits per heavy atom. The summed E-state index contributed by atoms with van der Waals surface area (Å²) in [6.07, 6.45) is 6.31. The van der Waals surface area contributed by atoms with Crippen molar-refractivity contribution >= 4 is 31.6 Å². The maximum absolute atomic E-state index is 11.3. The van der Waals surface area contributed by atoms with Crippen molar-refractivity contribution in [2.24, 2.45) is 0 Å². The van der Waals surface area contributed by atoms with Crippen LogP contribution in [0.1, 0.15) is 12.8 Å². The summed E-state index contributed by atoms with van der Waals surface area (Å²) in [5, 5.41) is 0.584. The molecule has 0 spiro atoms. The van der Waals surface area contributed by atoms with Crippen LogP contribution < -0.4 is 14.2 Å². The molecule has 0 radical (unpaired) electrons. The fourth-order valence-electron chi connectivity index (χ4n) is 3.38. The zero-order valence-corrected chi connectivity index (χ0v) is 18.3. The lowest BCUT2D eigenvalue weighted by Gasteiger charge is -2.31. The Morgan fingerprint density at radius 1 is 1.17 bits per heavy atom. The number of thiazole rings is 1. The summed E-state index contributed by atoms with van der Waals surface area (Å²) < 4.78 is 38.0. The van der Waals surface area contributed by atoms with Gasteiger partial charge >= 0.3 is 0 Å². The largest absolute Gasteiger partial charge is 0.492 e. The zero-order chi connectivity index (χ0) is 21.0. The lowest BCUT2D eigenvalue weighted by molar-refractivity contribution is 0.170. The van der Waals surface area contributed by atoms with Gasteiger partial charge in [0.15, 0.2) is 0 Å². The van der Waals surface area contributed by atoms with E-state index in [2.05, 4.69) is 19.6 Å². The number of rotatable bonds is 8. The SMILES string of the molecule is CS(=O)(=O)NC1CCN(CCOc2ccc(Oc3nc4cnccc4s3)cc2)CC1. The van der Waals surface area contributed by atoms with Crippen LogP contribution in [-0.2, 0) is 10.0 Å². The van der Waals surface area contributed by atoms with Gasteiger partial charge in [-0.25, -0.2) is 18.1 Å². The Morgan fingerprint density at radius 3 is 2.60 bits per heavy atom. The number of benzene rings is 1. The summed E-state index contributed by atoms with van der Waals surface area (Å²) in [6.45, 7) is 3.11. The minimum Gasteiger partial charge on any atom is -0.492 e. The molecule has 3 aromatic rings. The van der Waals surface area contributed by atoms with Crippen LogP contribution in [0, 0.1) is 0 Å². The number of hydrogen-bond donors (Lipinski definition) is 1. The number of likely N-dealkylation sites (tertiary alicyclic amines) is 1. The van der Waals surface area contributed by atoms with Crippen molar-refractivity contribution < 1.29 is 17.9 Å². The number of piperidine rings is 1. The van der Waals surface area contributed by atoms with E-state index in [1.807, 2.05) is 30.3 Å². The molecule has 0 bridgehead atoms. The third-order valence-corrected chi connectivity index (χ3v) is 6.52. The molecular weight excluding hydrogens is 424 g/mol. The third kappa shape index (κ3) is 5.88. The molecule has 8 nitrogen and oxygen atoms in total. The van der Waals surface area contributed by atoms with Crippen LogP contribution >= 0.6 is 11.3 Å². The molecule has 0 amide bonds. The minimum absolute atomic E-state index is 0.0383. The van der Waals surface area contributed by atoms with E-state index in [-0.39, 0.29) is 6.04 Å². The molecule has 1 N–H and O–H groups in total. The highest BCUT2D eigenvalue weighted by atomic mass is 32.2. The van der Waals surface area contributed by atoms with Gasteiger partial charge in [-0.2, -0.15) is 0 Å². The van der Waals surface area contributed by atoms with Crippen LogP contribution in [-0.4, -0.2) is 61.8 Å². The Labute approximate surface area is 179 Å².